The monoisotopic (exact) mass is 444 g/mol. The van der Waals surface area contributed by atoms with Crippen molar-refractivity contribution in [1.82, 2.24) is 14.9 Å². The van der Waals surface area contributed by atoms with E-state index in [2.05, 4.69) is 31.7 Å². The third-order valence-electron chi connectivity index (χ3n) is 6.62. The van der Waals surface area contributed by atoms with Crippen LogP contribution in [0.15, 0.2) is 12.1 Å². The van der Waals surface area contributed by atoms with E-state index in [9.17, 15) is 9.90 Å². The van der Waals surface area contributed by atoms with Gasteiger partial charge in [0.25, 0.3) is 0 Å². The first-order valence-electron chi connectivity index (χ1n) is 10.8. The number of rotatable bonds is 3. The highest BCUT2D eigenvalue weighted by Crippen LogP contribution is 2.46. The molecule has 9 nitrogen and oxygen atoms in total. The average Bonchev–Trinajstić information content (AvgIpc) is 3.21. The number of carboxylic acids is 1. The molecule has 166 valence electrons. The van der Waals surface area contributed by atoms with Crippen molar-refractivity contribution in [2.75, 3.05) is 68.5 Å². The lowest BCUT2D eigenvalue weighted by Gasteiger charge is -2.44. The van der Waals surface area contributed by atoms with Crippen LogP contribution < -0.4 is 15.5 Å². The Balaban J connectivity index is 1.34. The first-order chi connectivity index (χ1) is 14.9. The number of thiophene rings is 1. The Kier molecular flexibility index (Phi) is 5.23. The lowest BCUT2D eigenvalue weighted by molar-refractivity contribution is -0.0735. The van der Waals surface area contributed by atoms with E-state index in [0.29, 0.717) is 17.4 Å². The number of nitrogens with zero attached hydrogens (tertiary/aromatic N) is 5. The summed E-state index contributed by atoms with van der Waals surface area (Å²) < 4.78 is 6.28. The number of anilines is 3. The van der Waals surface area contributed by atoms with Crippen LogP contribution in [0.5, 0.6) is 0 Å². The van der Waals surface area contributed by atoms with E-state index < -0.39 is 5.97 Å². The Bertz CT molecular complexity index is 979. The summed E-state index contributed by atoms with van der Waals surface area (Å²) in [6.45, 7) is 6.05. The molecule has 2 saturated heterocycles. The number of aromatic nitrogens is 2. The van der Waals surface area contributed by atoms with Gasteiger partial charge in [-0.15, -0.1) is 11.3 Å². The van der Waals surface area contributed by atoms with E-state index in [4.69, 9.17) is 10.5 Å². The summed E-state index contributed by atoms with van der Waals surface area (Å²) in [6.07, 6.45) is 2.38. The fourth-order valence-electron chi connectivity index (χ4n) is 4.80. The maximum Gasteiger partial charge on any atom is 0.345 e. The summed E-state index contributed by atoms with van der Waals surface area (Å²) in [6, 6.07) is 3.87. The zero-order valence-corrected chi connectivity index (χ0v) is 18.5. The van der Waals surface area contributed by atoms with E-state index in [1.54, 1.807) is 0 Å². The number of likely N-dealkylation sites (N-methyl/N-ethyl adjacent to an activating group) is 1. The van der Waals surface area contributed by atoms with Gasteiger partial charge in [-0.05, 0) is 37.9 Å². The lowest BCUT2D eigenvalue weighted by atomic mass is 9.85. The number of fused-ring (bicyclic) bond motifs is 2. The molecule has 0 aromatic carbocycles. The Hall–Kier alpha value is -2.43. The molecule has 0 unspecified atom stereocenters. The van der Waals surface area contributed by atoms with Gasteiger partial charge in [-0.1, -0.05) is 0 Å². The minimum Gasteiger partial charge on any atom is -0.477 e. The third-order valence-corrected chi connectivity index (χ3v) is 7.97. The zero-order valence-electron chi connectivity index (χ0n) is 17.7. The largest absolute Gasteiger partial charge is 0.477 e. The topological polar surface area (TPSA) is 108 Å². The predicted octanol–water partition coefficient (Wildman–Crippen LogP) is 1.64. The van der Waals surface area contributed by atoms with Crippen LogP contribution in [0, 0.1) is 0 Å². The summed E-state index contributed by atoms with van der Waals surface area (Å²) in [5.41, 5.74) is 6.81. The summed E-state index contributed by atoms with van der Waals surface area (Å²) in [4.78, 5) is 28.8. The number of hydrogen-bond acceptors (Lipinski definition) is 9. The van der Waals surface area contributed by atoms with Crippen molar-refractivity contribution < 1.29 is 14.6 Å². The molecule has 5 heterocycles. The van der Waals surface area contributed by atoms with Crippen molar-refractivity contribution in [3.8, 4) is 0 Å². The highest BCUT2D eigenvalue weighted by Gasteiger charge is 2.43. The van der Waals surface area contributed by atoms with Gasteiger partial charge >= 0.3 is 5.97 Å². The molecule has 0 aliphatic carbocycles. The second kappa shape index (κ2) is 7.92. The van der Waals surface area contributed by atoms with E-state index in [1.807, 2.05) is 12.1 Å². The molecule has 3 aliphatic rings. The summed E-state index contributed by atoms with van der Waals surface area (Å²) in [7, 11) is 2.13. The van der Waals surface area contributed by atoms with Crippen LogP contribution in [0.2, 0.25) is 0 Å². The number of hydrogen-bond donors (Lipinski definition) is 2. The van der Waals surface area contributed by atoms with Gasteiger partial charge < -0.3 is 30.3 Å². The maximum atomic E-state index is 11.5. The van der Waals surface area contributed by atoms with Gasteiger partial charge in [-0.2, -0.15) is 9.97 Å². The maximum absolute atomic E-state index is 11.5. The predicted molar refractivity (Wildman–Crippen MR) is 120 cm³/mol. The molecule has 31 heavy (non-hydrogen) atoms. The van der Waals surface area contributed by atoms with Gasteiger partial charge in [0.05, 0.1) is 6.61 Å². The molecular formula is C21H28N6O3S. The second-order valence-electron chi connectivity index (χ2n) is 8.58. The third kappa shape index (κ3) is 3.83. The van der Waals surface area contributed by atoms with Gasteiger partial charge in [0.2, 0.25) is 5.95 Å². The molecule has 0 saturated carbocycles. The Morgan fingerprint density at radius 1 is 1.10 bits per heavy atom. The van der Waals surface area contributed by atoms with Gasteiger partial charge in [0.1, 0.15) is 22.1 Å². The number of aromatic carboxylic acids is 1. The van der Waals surface area contributed by atoms with Crippen LogP contribution in [0.4, 0.5) is 17.6 Å². The number of piperazine rings is 1. The molecule has 2 aromatic heterocycles. The standard InChI is InChI=1S/C21H28N6O3S/c1-25-7-9-27(10-8-25)17-13-16(23-20(22)24-17)26-5-3-21(4-6-26)18-14(2-11-30-21)12-15(31-18)19(28)29/h12-13H,2-11H2,1H3,(H,28,29)(H2,22,23,24). The number of ether oxygens (including phenoxy) is 1. The number of piperidine rings is 1. The Morgan fingerprint density at radius 2 is 1.74 bits per heavy atom. The fraction of sp³-hybridized carbons (Fsp3) is 0.571. The zero-order chi connectivity index (χ0) is 21.6. The quantitative estimate of drug-likeness (QED) is 0.730. The summed E-state index contributed by atoms with van der Waals surface area (Å²) in [5, 5.41) is 9.41. The molecule has 0 amide bonds. The molecule has 3 aliphatic heterocycles. The van der Waals surface area contributed by atoms with Crippen molar-refractivity contribution >= 4 is 34.9 Å². The number of carbonyl (C=O) groups is 1. The molecule has 2 aromatic rings. The first kappa shape index (κ1) is 20.5. The lowest BCUT2D eigenvalue weighted by Crippen LogP contribution is -2.47. The number of carboxylic acid groups (broad SMARTS) is 1. The van der Waals surface area contributed by atoms with Crippen molar-refractivity contribution in [3.05, 3.63) is 27.5 Å². The van der Waals surface area contributed by atoms with E-state index in [0.717, 1.165) is 80.6 Å². The Morgan fingerprint density at radius 3 is 2.39 bits per heavy atom. The molecule has 3 N–H and O–H groups in total. The SMILES string of the molecule is CN1CCN(c2cc(N3CCC4(CC3)OCCc3cc(C(=O)O)sc34)nc(N)n2)CC1. The average molecular weight is 445 g/mol. The second-order valence-corrected chi connectivity index (χ2v) is 9.64. The highest BCUT2D eigenvalue weighted by molar-refractivity contribution is 7.14. The van der Waals surface area contributed by atoms with E-state index >= 15 is 0 Å². The van der Waals surface area contributed by atoms with Gasteiger partial charge in [0, 0.05) is 50.2 Å². The number of nitrogens with two attached hydrogens (primary N) is 1. The summed E-state index contributed by atoms with van der Waals surface area (Å²) in [5.74, 6) is 1.17. The van der Waals surface area contributed by atoms with Crippen LogP contribution in [-0.4, -0.2) is 78.9 Å². The first-order valence-corrected chi connectivity index (χ1v) is 11.6. The molecule has 0 bridgehead atoms. The van der Waals surface area contributed by atoms with E-state index in [1.165, 1.54) is 11.3 Å². The molecule has 1 spiro atoms. The minimum atomic E-state index is -0.861. The molecule has 10 heteroatoms. The fourth-order valence-corrected chi connectivity index (χ4v) is 6.04. The normalized spacial score (nSPS) is 21.3. The molecule has 2 fully saturated rings. The molecule has 0 radical (unpaired) electrons. The van der Waals surface area contributed by atoms with Crippen LogP contribution in [-0.2, 0) is 16.8 Å². The highest BCUT2D eigenvalue weighted by atomic mass is 32.1. The van der Waals surface area contributed by atoms with Gasteiger partial charge in [-0.3, -0.25) is 0 Å². The number of nitrogen functional groups attached to an aromatic ring is 1. The van der Waals surface area contributed by atoms with Crippen molar-refractivity contribution in [2.24, 2.45) is 0 Å². The van der Waals surface area contributed by atoms with Crippen LogP contribution in [0.3, 0.4) is 0 Å². The van der Waals surface area contributed by atoms with Crippen molar-refractivity contribution in [1.29, 1.82) is 0 Å². The van der Waals surface area contributed by atoms with Crippen LogP contribution >= 0.6 is 11.3 Å². The van der Waals surface area contributed by atoms with Crippen LogP contribution in [0.1, 0.15) is 33.0 Å². The minimum absolute atomic E-state index is 0.298. The van der Waals surface area contributed by atoms with Gasteiger partial charge in [-0.25, -0.2) is 4.79 Å². The van der Waals surface area contributed by atoms with Gasteiger partial charge in [0.15, 0.2) is 0 Å². The molecule has 5 rings (SSSR count). The van der Waals surface area contributed by atoms with Crippen molar-refractivity contribution in [3.63, 3.8) is 0 Å². The van der Waals surface area contributed by atoms with Crippen LogP contribution in [0.25, 0.3) is 0 Å². The Labute approximate surface area is 185 Å². The molecule has 0 atom stereocenters. The summed E-state index contributed by atoms with van der Waals surface area (Å²) >= 11 is 1.37. The van der Waals surface area contributed by atoms with E-state index in [-0.39, 0.29) is 5.60 Å². The smallest absolute Gasteiger partial charge is 0.345 e. The molecular weight excluding hydrogens is 416 g/mol. The van der Waals surface area contributed by atoms with Crippen molar-refractivity contribution in [2.45, 2.75) is 24.9 Å².